The first-order valence-corrected chi connectivity index (χ1v) is 4.66. The Bertz CT molecular complexity index is 302. The minimum absolute atomic E-state index is 0.0454. The molecule has 0 saturated carbocycles. The molecule has 78 valence electrons. The van der Waals surface area contributed by atoms with Crippen LogP contribution in [0.1, 0.15) is 16.7 Å². The third-order valence-electron chi connectivity index (χ3n) is 2.36. The molecular formula is C11H16FNO. The molecule has 0 bridgehead atoms. The fourth-order valence-electron chi connectivity index (χ4n) is 1.59. The van der Waals surface area contributed by atoms with Gasteiger partial charge >= 0.3 is 0 Å². The summed E-state index contributed by atoms with van der Waals surface area (Å²) in [6.07, 6.45) is 0.592. The van der Waals surface area contributed by atoms with Crippen LogP contribution < -0.4 is 5.73 Å². The summed E-state index contributed by atoms with van der Waals surface area (Å²) in [5, 5.41) is 8.83. The van der Waals surface area contributed by atoms with Gasteiger partial charge in [0.05, 0.1) is 6.61 Å². The van der Waals surface area contributed by atoms with Gasteiger partial charge in [-0.15, -0.1) is 0 Å². The van der Waals surface area contributed by atoms with Crippen LogP contribution >= 0.6 is 0 Å². The summed E-state index contributed by atoms with van der Waals surface area (Å²) in [4.78, 5) is 0. The number of hydrogen-bond donors (Lipinski definition) is 2. The largest absolute Gasteiger partial charge is 0.395 e. The van der Waals surface area contributed by atoms with Crippen LogP contribution in [0.4, 0.5) is 4.39 Å². The van der Waals surface area contributed by atoms with Crippen LogP contribution in [-0.2, 0) is 6.42 Å². The average molecular weight is 197 g/mol. The zero-order chi connectivity index (χ0) is 10.7. The Hall–Kier alpha value is -0.930. The van der Waals surface area contributed by atoms with Crippen molar-refractivity contribution in [2.75, 3.05) is 6.61 Å². The predicted octanol–water partition coefficient (Wildman–Crippen LogP) is 1.30. The molecule has 1 unspecified atom stereocenters. The Morgan fingerprint density at radius 1 is 1.36 bits per heavy atom. The number of halogens is 1. The first kappa shape index (κ1) is 11.1. The van der Waals surface area contributed by atoms with E-state index in [9.17, 15) is 4.39 Å². The third kappa shape index (κ3) is 2.53. The molecule has 0 radical (unpaired) electrons. The van der Waals surface area contributed by atoms with Gasteiger partial charge in [0.2, 0.25) is 0 Å². The molecule has 3 N–H and O–H groups in total. The van der Waals surface area contributed by atoms with Crippen LogP contribution in [0.15, 0.2) is 12.1 Å². The van der Waals surface area contributed by atoms with Gasteiger partial charge in [-0.25, -0.2) is 4.39 Å². The number of aliphatic hydroxyl groups excluding tert-OH is 1. The number of rotatable bonds is 3. The lowest BCUT2D eigenvalue weighted by Crippen LogP contribution is -2.27. The summed E-state index contributed by atoms with van der Waals surface area (Å²) in [5.41, 5.74) is 8.46. The lowest BCUT2D eigenvalue weighted by Gasteiger charge is -2.13. The Morgan fingerprint density at radius 2 is 1.86 bits per heavy atom. The third-order valence-corrected chi connectivity index (χ3v) is 2.36. The van der Waals surface area contributed by atoms with E-state index in [1.807, 2.05) is 13.8 Å². The van der Waals surface area contributed by atoms with Crippen molar-refractivity contribution in [3.05, 3.63) is 34.6 Å². The smallest absolute Gasteiger partial charge is 0.123 e. The Balaban J connectivity index is 2.96. The lowest BCUT2D eigenvalue weighted by molar-refractivity contribution is 0.265. The molecule has 0 aromatic heterocycles. The van der Waals surface area contributed by atoms with E-state index in [0.717, 1.165) is 16.7 Å². The molecule has 1 rings (SSSR count). The predicted molar refractivity (Wildman–Crippen MR) is 54.6 cm³/mol. The summed E-state index contributed by atoms with van der Waals surface area (Å²) in [6, 6.07) is 2.72. The number of aliphatic hydroxyl groups is 1. The normalized spacial score (nSPS) is 12.9. The molecule has 0 heterocycles. The standard InChI is InChI=1S/C11H16FNO/c1-7-3-9(12)4-8(2)11(7)5-10(13)6-14/h3-4,10,14H,5-6,13H2,1-2H3. The number of hydrogen-bond acceptors (Lipinski definition) is 2. The second-order valence-corrected chi connectivity index (χ2v) is 3.66. The fourth-order valence-corrected chi connectivity index (χ4v) is 1.59. The highest BCUT2D eigenvalue weighted by Crippen LogP contribution is 2.17. The van der Waals surface area contributed by atoms with Gasteiger partial charge in [0.1, 0.15) is 5.82 Å². The van der Waals surface area contributed by atoms with Crippen molar-refractivity contribution in [1.29, 1.82) is 0 Å². The van der Waals surface area contributed by atoms with Gasteiger partial charge in [-0.1, -0.05) is 0 Å². The first-order chi connectivity index (χ1) is 6.54. The quantitative estimate of drug-likeness (QED) is 0.767. The SMILES string of the molecule is Cc1cc(F)cc(C)c1CC(N)CO. The van der Waals surface area contributed by atoms with E-state index in [-0.39, 0.29) is 18.5 Å². The van der Waals surface area contributed by atoms with E-state index < -0.39 is 0 Å². The highest BCUT2D eigenvalue weighted by atomic mass is 19.1. The first-order valence-electron chi connectivity index (χ1n) is 4.66. The molecule has 1 atom stereocenters. The van der Waals surface area contributed by atoms with Crippen LogP contribution in [0.2, 0.25) is 0 Å². The highest BCUT2D eigenvalue weighted by molar-refractivity contribution is 5.34. The summed E-state index contributed by atoms with van der Waals surface area (Å²) < 4.78 is 12.9. The van der Waals surface area contributed by atoms with E-state index in [0.29, 0.717) is 6.42 Å². The van der Waals surface area contributed by atoms with Gasteiger partial charge in [0.25, 0.3) is 0 Å². The number of aryl methyl sites for hydroxylation is 2. The summed E-state index contributed by atoms with van der Waals surface area (Å²) in [7, 11) is 0. The van der Waals surface area contributed by atoms with E-state index in [4.69, 9.17) is 10.8 Å². The monoisotopic (exact) mass is 197 g/mol. The van der Waals surface area contributed by atoms with Crippen molar-refractivity contribution in [2.24, 2.45) is 5.73 Å². The van der Waals surface area contributed by atoms with Crippen LogP contribution in [0.3, 0.4) is 0 Å². The van der Waals surface area contributed by atoms with Gasteiger partial charge in [0, 0.05) is 6.04 Å². The molecule has 0 saturated heterocycles. The zero-order valence-electron chi connectivity index (χ0n) is 8.55. The molecule has 0 amide bonds. The second kappa shape index (κ2) is 4.53. The van der Waals surface area contributed by atoms with Crippen LogP contribution in [0, 0.1) is 19.7 Å². The van der Waals surface area contributed by atoms with Gasteiger partial charge in [-0.05, 0) is 49.1 Å². The van der Waals surface area contributed by atoms with Crippen LogP contribution in [-0.4, -0.2) is 17.8 Å². The van der Waals surface area contributed by atoms with Crippen molar-refractivity contribution in [3.8, 4) is 0 Å². The second-order valence-electron chi connectivity index (χ2n) is 3.66. The maximum absolute atomic E-state index is 12.9. The molecule has 1 aromatic carbocycles. The molecule has 0 aliphatic heterocycles. The molecule has 0 aliphatic rings. The molecule has 1 aromatic rings. The number of nitrogens with two attached hydrogens (primary N) is 1. The molecular weight excluding hydrogens is 181 g/mol. The fraction of sp³-hybridized carbons (Fsp3) is 0.455. The molecule has 14 heavy (non-hydrogen) atoms. The maximum Gasteiger partial charge on any atom is 0.123 e. The lowest BCUT2D eigenvalue weighted by atomic mass is 9.97. The van der Waals surface area contributed by atoms with Crippen LogP contribution in [0.25, 0.3) is 0 Å². The van der Waals surface area contributed by atoms with E-state index in [2.05, 4.69) is 0 Å². The van der Waals surface area contributed by atoms with Crippen molar-refractivity contribution in [3.63, 3.8) is 0 Å². The minimum atomic E-state index is -0.266. The Morgan fingerprint density at radius 3 is 2.29 bits per heavy atom. The molecule has 0 spiro atoms. The van der Waals surface area contributed by atoms with Gasteiger partial charge in [0.15, 0.2) is 0 Å². The molecule has 0 aliphatic carbocycles. The molecule has 0 fully saturated rings. The van der Waals surface area contributed by atoms with Crippen molar-refractivity contribution in [1.82, 2.24) is 0 Å². The summed E-state index contributed by atoms with van der Waals surface area (Å²) in [6.45, 7) is 3.67. The Kier molecular flexibility index (Phi) is 3.61. The zero-order valence-corrected chi connectivity index (χ0v) is 8.55. The maximum atomic E-state index is 12.9. The van der Waals surface area contributed by atoms with Gasteiger partial charge in [-0.2, -0.15) is 0 Å². The topological polar surface area (TPSA) is 46.2 Å². The average Bonchev–Trinajstić information content (AvgIpc) is 2.10. The van der Waals surface area contributed by atoms with Gasteiger partial charge in [-0.3, -0.25) is 0 Å². The molecule has 2 nitrogen and oxygen atoms in total. The molecule has 3 heteroatoms. The summed E-state index contributed by atoms with van der Waals surface area (Å²) >= 11 is 0. The van der Waals surface area contributed by atoms with Crippen molar-refractivity contribution < 1.29 is 9.50 Å². The Labute approximate surface area is 83.6 Å². The van der Waals surface area contributed by atoms with Crippen LogP contribution in [0.5, 0.6) is 0 Å². The van der Waals surface area contributed by atoms with Gasteiger partial charge < -0.3 is 10.8 Å². The van der Waals surface area contributed by atoms with Crippen molar-refractivity contribution in [2.45, 2.75) is 26.3 Å². The summed E-state index contributed by atoms with van der Waals surface area (Å²) in [5.74, 6) is -0.221. The van der Waals surface area contributed by atoms with E-state index >= 15 is 0 Å². The highest BCUT2D eigenvalue weighted by Gasteiger charge is 2.09. The number of benzene rings is 1. The van der Waals surface area contributed by atoms with E-state index in [1.54, 1.807) is 0 Å². The minimum Gasteiger partial charge on any atom is -0.395 e. The van der Waals surface area contributed by atoms with Crippen molar-refractivity contribution >= 4 is 0 Å². The van der Waals surface area contributed by atoms with E-state index in [1.165, 1.54) is 12.1 Å².